The molecule has 7 rings (SSSR count). The molecule has 40 heavy (non-hydrogen) atoms. The largest absolute Gasteiger partial charge is 0.494 e. The van der Waals surface area contributed by atoms with Crippen LogP contribution in [0.4, 0.5) is 0 Å². The molecule has 0 spiro atoms. The van der Waals surface area contributed by atoms with E-state index < -0.39 is 18.3 Å². The van der Waals surface area contributed by atoms with Crippen LogP contribution in [-0.2, 0) is 11.2 Å². The Labute approximate surface area is 238 Å². The molecule has 5 aliphatic rings. The fourth-order valence-corrected chi connectivity index (χ4v) is 8.80. The lowest BCUT2D eigenvalue weighted by Gasteiger charge is -2.44. The molecule has 2 saturated heterocycles. The Kier molecular flexibility index (Phi) is 7.86. The number of hydrogen-bond acceptors (Lipinski definition) is 7. The molecule has 2 aliphatic heterocycles. The van der Waals surface area contributed by atoms with E-state index in [1.54, 1.807) is 11.1 Å². The fourth-order valence-electron chi connectivity index (χ4n) is 8.80. The minimum Gasteiger partial charge on any atom is -0.494 e. The normalized spacial score (nSPS) is 34.7. The van der Waals surface area contributed by atoms with Gasteiger partial charge in [-0.2, -0.15) is 0 Å². The summed E-state index contributed by atoms with van der Waals surface area (Å²) in [4.78, 5) is 2.52. The minimum atomic E-state index is -0.951. The molecule has 8 heteroatoms. The summed E-state index contributed by atoms with van der Waals surface area (Å²) in [6.45, 7) is 4.30. The van der Waals surface area contributed by atoms with Gasteiger partial charge in [-0.3, -0.25) is 0 Å². The van der Waals surface area contributed by atoms with E-state index in [2.05, 4.69) is 33.4 Å². The first-order chi connectivity index (χ1) is 19.6. The van der Waals surface area contributed by atoms with E-state index in [1.165, 1.54) is 44.9 Å². The number of aryl methyl sites for hydroxylation is 1. The summed E-state index contributed by atoms with van der Waals surface area (Å²) in [6, 6.07) is 7.29. The fraction of sp³-hybridized carbons (Fsp3) is 0.750. The van der Waals surface area contributed by atoms with E-state index in [9.17, 15) is 10.2 Å². The lowest BCUT2D eigenvalue weighted by Crippen LogP contribution is -2.39. The van der Waals surface area contributed by atoms with E-state index in [0.717, 1.165) is 74.9 Å². The quantitative estimate of drug-likeness (QED) is 0.493. The Morgan fingerprint density at radius 1 is 0.975 bits per heavy atom. The van der Waals surface area contributed by atoms with Crippen molar-refractivity contribution in [3.05, 3.63) is 41.2 Å². The van der Waals surface area contributed by atoms with Gasteiger partial charge >= 0.3 is 0 Å². The first kappa shape index (κ1) is 26.9. The molecule has 8 nitrogen and oxygen atoms in total. The predicted molar refractivity (Wildman–Crippen MR) is 151 cm³/mol. The number of benzene rings is 1. The second-order valence-electron chi connectivity index (χ2n) is 13.1. The first-order valence-corrected chi connectivity index (χ1v) is 16.0. The van der Waals surface area contributed by atoms with Gasteiger partial charge in [0.25, 0.3) is 0 Å². The molecule has 1 aromatic carbocycles. The Morgan fingerprint density at radius 2 is 1.88 bits per heavy atom. The lowest BCUT2D eigenvalue weighted by atomic mass is 9.61. The smallest absolute Gasteiger partial charge is 0.131 e. The lowest BCUT2D eigenvalue weighted by molar-refractivity contribution is -0.138. The van der Waals surface area contributed by atoms with Crippen LogP contribution in [0.5, 0.6) is 5.75 Å². The van der Waals surface area contributed by atoms with Gasteiger partial charge in [-0.25, -0.2) is 4.68 Å². The van der Waals surface area contributed by atoms with Crippen molar-refractivity contribution in [2.24, 2.45) is 17.8 Å². The van der Waals surface area contributed by atoms with E-state index in [-0.39, 0.29) is 0 Å². The van der Waals surface area contributed by atoms with Gasteiger partial charge in [0, 0.05) is 19.6 Å². The summed E-state index contributed by atoms with van der Waals surface area (Å²) in [5.41, 5.74) is 3.79. The maximum atomic E-state index is 10.3. The van der Waals surface area contributed by atoms with Crippen molar-refractivity contribution < 1.29 is 19.7 Å². The second kappa shape index (κ2) is 11.7. The SMILES string of the molecule is OC1CCOC(c2cn(C3CCN(CCCOc4ccc5c(c4)CCC4C5CCC5CCCC54)CC3)nn2)C1O. The summed E-state index contributed by atoms with van der Waals surface area (Å²) >= 11 is 0. The topological polar surface area (TPSA) is 92.9 Å². The minimum absolute atomic E-state index is 0.304. The number of ether oxygens (including phenoxy) is 2. The highest BCUT2D eigenvalue weighted by atomic mass is 16.5. The van der Waals surface area contributed by atoms with Crippen molar-refractivity contribution in [3.8, 4) is 5.75 Å². The van der Waals surface area contributed by atoms with Gasteiger partial charge in [-0.1, -0.05) is 24.1 Å². The van der Waals surface area contributed by atoms with Crippen LogP contribution in [-0.4, -0.2) is 75.2 Å². The molecule has 2 N–H and O–H groups in total. The van der Waals surface area contributed by atoms with Gasteiger partial charge < -0.3 is 24.6 Å². The molecule has 4 fully saturated rings. The third-order valence-electron chi connectivity index (χ3n) is 10.9. The number of likely N-dealkylation sites (tertiary alicyclic amines) is 1. The monoisotopic (exact) mass is 550 g/mol. The van der Waals surface area contributed by atoms with Crippen molar-refractivity contribution in [3.63, 3.8) is 0 Å². The van der Waals surface area contributed by atoms with Crippen LogP contribution in [0.3, 0.4) is 0 Å². The number of nitrogens with zero attached hydrogens (tertiary/aromatic N) is 4. The predicted octanol–water partition coefficient (Wildman–Crippen LogP) is 4.42. The third kappa shape index (κ3) is 5.33. The highest BCUT2D eigenvalue weighted by Crippen LogP contribution is 2.55. The summed E-state index contributed by atoms with van der Waals surface area (Å²) in [5, 5.41) is 28.8. The second-order valence-corrected chi connectivity index (χ2v) is 13.1. The number of aromatic nitrogens is 3. The molecule has 0 radical (unpaired) electrons. The summed E-state index contributed by atoms with van der Waals surface area (Å²) in [6.07, 6.45) is 13.0. The van der Waals surface area contributed by atoms with Crippen molar-refractivity contribution in [1.29, 1.82) is 0 Å². The van der Waals surface area contributed by atoms with E-state index in [4.69, 9.17) is 9.47 Å². The summed E-state index contributed by atoms with van der Waals surface area (Å²) in [7, 11) is 0. The first-order valence-electron chi connectivity index (χ1n) is 16.0. The van der Waals surface area contributed by atoms with Gasteiger partial charge in [-0.05, 0) is 105 Å². The highest BCUT2D eigenvalue weighted by molar-refractivity contribution is 5.40. The molecule has 2 saturated carbocycles. The summed E-state index contributed by atoms with van der Waals surface area (Å²) < 4.78 is 13.8. The van der Waals surface area contributed by atoms with E-state index >= 15 is 0 Å². The Hall–Kier alpha value is -2.00. The molecule has 2 aromatic rings. The van der Waals surface area contributed by atoms with Crippen LogP contribution in [0.1, 0.15) is 99.1 Å². The zero-order valence-corrected chi connectivity index (χ0v) is 23.7. The molecular weight excluding hydrogens is 504 g/mol. The number of aliphatic hydroxyl groups is 2. The molecule has 1 aromatic heterocycles. The van der Waals surface area contributed by atoms with Crippen molar-refractivity contribution in [2.75, 3.05) is 32.8 Å². The molecule has 3 heterocycles. The van der Waals surface area contributed by atoms with E-state index in [0.29, 0.717) is 24.8 Å². The van der Waals surface area contributed by atoms with Crippen LogP contribution in [0, 0.1) is 17.8 Å². The molecule has 0 bridgehead atoms. The Balaban J connectivity index is 0.852. The zero-order chi connectivity index (χ0) is 27.1. The van der Waals surface area contributed by atoms with Crippen LogP contribution in [0.15, 0.2) is 24.4 Å². The highest BCUT2D eigenvalue weighted by Gasteiger charge is 2.44. The van der Waals surface area contributed by atoms with Crippen LogP contribution < -0.4 is 4.74 Å². The van der Waals surface area contributed by atoms with Crippen LogP contribution in [0.2, 0.25) is 0 Å². The molecule has 218 valence electrons. The van der Waals surface area contributed by atoms with Gasteiger partial charge in [0.05, 0.1) is 31.6 Å². The Morgan fingerprint density at radius 3 is 2.77 bits per heavy atom. The van der Waals surface area contributed by atoms with E-state index in [1.807, 2.05) is 10.9 Å². The molecular formula is C32H46N4O4. The number of piperidine rings is 1. The van der Waals surface area contributed by atoms with Crippen molar-refractivity contribution >= 4 is 0 Å². The van der Waals surface area contributed by atoms with Gasteiger partial charge in [0.1, 0.15) is 23.7 Å². The van der Waals surface area contributed by atoms with Crippen molar-refractivity contribution in [2.45, 2.75) is 101 Å². The van der Waals surface area contributed by atoms with Gasteiger partial charge in [0.15, 0.2) is 0 Å². The van der Waals surface area contributed by atoms with Gasteiger partial charge in [-0.15, -0.1) is 5.10 Å². The number of aliphatic hydroxyl groups excluding tert-OH is 2. The number of rotatable bonds is 7. The van der Waals surface area contributed by atoms with Crippen LogP contribution in [0.25, 0.3) is 0 Å². The molecule has 0 amide bonds. The standard InChI is InChI=1S/C32H46N4O4/c37-30-13-18-40-32(31(30)38)29-20-36(34-33-29)23-11-15-35(16-12-23)14-2-17-39-24-7-10-26-22(19-24)6-9-27-25-4-1-3-21(25)5-8-28(26)27/h7,10,19-21,23,25,27-28,30-32,37-38H,1-6,8-9,11-18H2. The molecule has 7 atom stereocenters. The maximum Gasteiger partial charge on any atom is 0.131 e. The van der Waals surface area contributed by atoms with Crippen molar-refractivity contribution in [1.82, 2.24) is 19.9 Å². The average Bonchev–Trinajstić information content (AvgIpc) is 3.67. The third-order valence-corrected chi connectivity index (χ3v) is 10.9. The van der Waals surface area contributed by atoms with Gasteiger partial charge in [0.2, 0.25) is 0 Å². The average molecular weight is 551 g/mol. The van der Waals surface area contributed by atoms with Crippen LogP contribution >= 0.6 is 0 Å². The molecule has 7 unspecified atom stereocenters. The number of fused-ring (bicyclic) bond motifs is 5. The zero-order valence-electron chi connectivity index (χ0n) is 23.7. The maximum absolute atomic E-state index is 10.3. The molecule has 3 aliphatic carbocycles. The number of hydrogen-bond donors (Lipinski definition) is 2. The Bertz CT molecular complexity index is 1150. The summed E-state index contributed by atoms with van der Waals surface area (Å²) in [5.74, 6) is 4.81.